The average Bonchev–Trinajstić information content (AvgIpc) is 1.85. The fraction of sp³-hybridized carbons (Fsp3) is 0. The van der Waals surface area contributed by atoms with Crippen molar-refractivity contribution in [2.75, 3.05) is 0 Å². The molecule has 6 heteroatoms. The van der Waals surface area contributed by atoms with Crippen LogP contribution in [0.1, 0.15) is 0 Å². The summed E-state index contributed by atoms with van der Waals surface area (Å²) in [4.78, 5) is 19.8. The number of nitro groups is 1. The van der Waals surface area contributed by atoms with Gasteiger partial charge in [-0.1, -0.05) is 11.6 Å². The third-order valence-electron chi connectivity index (χ3n) is 0.992. The zero-order valence-electron chi connectivity index (χ0n) is 5.11. The number of hydrogen-bond donors (Lipinski definition) is 0. The molecule has 1 rings (SSSR count). The summed E-state index contributed by atoms with van der Waals surface area (Å²) in [6.07, 6.45) is 0.998. The first-order valence-electron chi connectivity index (χ1n) is 2.54. The highest BCUT2D eigenvalue weighted by molar-refractivity contribution is 6.32. The Hall–Kier alpha value is -1.36. The van der Waals surface area contributed by atoms with Crippen LogP contribution in [-0.4, -0.2) is 4.92 Å². The molecule has 0 N–H and O–H groups in total. The summed E-state index contributed by atoms with van der Waals surface area (Å²) in [6.45, 7) is 0. The zero-order valence-corrected chi connectivity index (χ0v) is 5.87. The van der Waals surface area contributed by atoms with Crippen LogP contribution >= 0.6 is 11.6 Å². The van der Waals surface area contributed by atoms with Gasteiger partial charge in [-0.3, -0.25) is 10.1 Å². The van der Waals surface area contributed by atoms with E-state index >= 15 is 0 Å². The molecule has 1 aromatic rings. The SMILES string of the molecule is O=c1occc(Cl)c1[N+](=O)[O-]. The van der Waals surface area contributed by atoms with Gasteiger partial charge in [0.1, 0.15) is 5.02 Å². The number of rotatable bonds is 1. The molecule has 5 nitrogen and oxygen atoms in total. The van der Waals surface area contributed by atoms with Crippen molar-refractivity contribution < 1.29 is 9.34 Å². The Morgan fingerprint density at radius 1 is 1.64 bits per heavy atom. The van der Waals surface area contributed by atoms with Gasteiger partial charge in [0, 0.05) is 0 Å². The topological polar surface area (TPSA) is 73.3 Å². The maximum absolute atomic E-state index is 10.6. The van der Waals surface area contributed by atoms with Crippen molar-refractivity contribution >= 4 is 17.3 Å². The fourth-order valence-electron chi connectivity index (χ4n) is 0.550. The van der Waals surface area contributed by atoms with Crippen molar-refractivity contribution in [3.63, 3.8) is 0 Å². The second-order valence-electron chi connectivity index (χ2n) is 1.66. The summed E-state index contributed by atoms with van der Waals surface area (Å²) in [5.74, 6) is 0. The van der Waals surface area contributed by atoms with Crippen molar-refractivity contribution in [1.29, 1.82) is 0 Å². The molecule has 1 heterocycles. The van der Waals surface area contributed by atoms with Crippen molar-refractivity contribution in [2.45, 2.75) is 0 Å². The normalized spacial score (nSPS) is 9.55. The summed E-state index contributed by atoms with van der Waals surface area (Å²) in [5.41, 5.74) is -1.77. The molecule has 0 aliphatic rings. The second-order valence-corrected chi connectivity index (χ2v) is 2.07. The van der Waals surface area contributed by atoms with Gasteiger partial charge < -0.3 is 4.42 Å². The molecule has 0 radical (unpaired) electrons. The van der Waals surface area contributed by atoms with E-state index in [4.69, 9.17) is 11.6 Å². The number of hydrogen-bond acceptors (Lipinski definition) is 4. The van der Waals surface area contributed by atoms with Crippen LogP contribution in [-0.2, 0) is 0 Å². The predicted molar refractivity (Wildman–Crippen MR) is 36.6 cm³/mol. The summed E-state index contributed by atoms with van der Waals surface area (Å²) < 4.78 is 4.22. The molecule has 0 saturated carbocycles. The lowest BCUT2D eigenvalue weighted by Crippen LogP contribution is -2.05. The molecule has 0 aromatic carbocycles. The molecule has 0 unspecified atom stereocenters. The van der Waals surface area contributed by atoms with E-state index in [0.717, 1.165) is 12.3 Å². The highest BCUT2D eigenvalue weighted by Crippen LogP contribution is 2.17. The molecule has 1 aromatic heterocycles. The first-order chi connectivity index (χ1) is 5.13. The molecular formula is C5H2ClNO4. The van der Waals surface area contributed by atoms with Crippen LogP contribution in [0.2, 0.25) is 5.02 Å². The van der Waals surface area contributed by atoms with Gasteiger partial charge in [0.05, 0.1) is 11.2 Å². The van der Waals surface area contributed by atoms with Gasteiger partial charge in [0.2, 0.25) is 0 Å². The first kappa shape index (κ1) is 7.74. The van der Waals surface area contributed by atoms with Crippen molar-refractivity contribution in [2.24, 2.45) is 0 Å². The molecule has 0 bridgehead atoms. The minimum atomic E-state index is -1.04. The van der Waals surface area contributed by atoms with E-state index in [2.05, 4.69) is 4.42 Å². The van der Waals surface area contributed by atoms with Gasteiger partial charge in [-0.05, 0) is 6.07 Å². The fourth-order valence-corrected chi connectivity index (χ4v) is 0.747. The molecular weight excluding hydrogens is 174 g/mol. The third-order valence-corrected chi connectivity index (χ3v) is 1.30. The summed E-state index contributed by atoms with van der Waals surface area (Å²) in [6, 6.07) is 1.14. The van der Waals surface area contributed by atoms with Crippen molar-refractivity contribution in [1.82, 2.24) is 0 Å². The Labute approximate surface area is 65.4 Å². The summed E-state index contributed by atoms with van der Waals surface area (Å²) in [5, 5.41) is 9.89. The minimum absolute atomic E-state index is 0.216. The van der Waals surface area contributed by atoms with Crippen LogP contribution in [0.15, 0.2) is 21.5 Å². The van der Waals surface area contributed by atoms with E-state index in [9.17, 15) is 14.9 Å². The molecule has 0 aliphatic heterocycles. The Balaban J connectivity index is 3.45. The van der Waals surface area contributed by atoms with Crippen LogP contribution in [0, 0.1) is 10.1 Å². The molecule has 0 spiro atoms. The Bertz CT molecular complexity index is 345. The molecule has 0 atom stereocenters. The standard InChI is InChI=1S/C5H2ClNO4/c6-3-1-2-11-5(8)4(3)7(9)10/h1-2H. The zero-order chi connectivity index (χ0) is 8.43. The van der Waals surface area contributed by atoms with E-state index in [1.807, 2.05) is 0 Å². The van der Waals surface area contributed by atoms with Crippen LogP contribution in [0.4, 0.5) is 5.69 Å². The molecule has 0 amide bonds. The van der Waals surface area contributed by atoms with E-state index < -0.39 is 16.2 Å². The van der Waals surface area contributed by atoms with Gasteiger partial charge in [0.15, 0.2) is 0 Å². The number of halogens is 1. The lowest BCUT2D eigenvalue weighted by molar-refractivity contribution is -0.387. The lowest BCUT2D eigenvalue weighted by Gasteiger charge is -1.89. The molecule has 0 aliphatic carbocycles. The second kappa shape index (κ2) is 2.71. The highest BCUT2D eigenvalue weighted by Gasteiger charge is 2.18. The van der Waals surface area contributed by atoms with E-state index in [1.54, 1.807) is 0 Å². The molecule has 0 saturated heterocycles. The largest absolute Gasteiger partial charge is 0.426 e. The molecule has 58 valence electrons. The summed E-state index contributed by atoms with van der Waals surface area (Å²) >= 11 is 5.32. The van der Waals surface area contributed by atoms with Crippen molar-refractivity contribution in [3.05, 3.63) is 37.9 Å². The Kier molecular flexibility index (Phi) is 1.91. The van der Waals surface area contributed by atoms with Crippen LogP contribution in [0.5, 0.6) is 0 Å². The van der Waals surface area contributed by atoms with Gasteiger partial charge >= 0.3 is 11.3 Å². The Morgan fingerprint density at radius 2 is 2.27 bits per heavy atom. The lowest BCUT2D eigenvalue weighted by atomic mass is 10.4. The van der Waals surface area contributed by atoms with Gasteiger partial charge in [-0.25, -0.2) is 4.79 Å². The van der Waals surface area contributed by atoms with E-state index in [1.165, 1.54) is 0 Å². The van der Waals surface area contributed by atoms with Gasteiger partial charge in [0.25, 0.3) is 0 Å². The van der Waals surface area contributed by atoms with Crippen LogP contribution < -0.4 is 5.63 Å². The Morgan fingerprint density at radius 3 is 2.64 bits per heavy atom. The van der Waals surface area contributed by atoms with E-state index in [-0.39, 0.29) is 5.02 Å². The van der Waals surface area contributed by atoms with E-state index in [0.29, 0.717) is 0 Å². The highest BCUT2D eigenvalue weighted by atomic mass is 35.5. The smallest absolute Gasteiger partial charge is 0.416 e. The van der Waals surface area contributed by atoms with Crippen LogP contribution in [0.25, 0.3) is 0 Å². The van der Waals surface area contributed by atoms with Gasteiger partial charge in [-0.2, -0.15) is 0 Å². The average molecular weight is 176 g/mol. The minimum Gasteiger partial charge on any atom is -0.426 e. The van der Waals surface area contributed by atoms with Gasteiger partial charge in [-0.15, -0.1) is 0 Å². The number of nitrogens with zero attached hydrogens (tertiary/aromatic N) is 1. The monoisotopic (exact) mass is 175 g/mol. The predicted octanol–water partition coefficient (Wildman–Crippen LogP) is 1.20. The molecule has 0 fully saturated rings. The molecule has 11 heavy (non-hydrogen) atoms. The van der Waals surface area contributed by atoms with Crippen molar-refractivity contribution in [3.8, 4) is 0 Å². The third kappa shape index (κ3) is 1.38. The quantitative estimate of drug-likeness (QED) is 0.475. The maximum atomic E-state index is 10.6. The summed E-state index contributed by atoms with van der Waals surface area (Å²) in [7, 11) is 0. The maximum Gasteiger partial charge on any atom is 0.416 e. The van der Waals surface area contributed by atoms with Crippen LogP contribution in [0.3, 0.4) is 0 Å². The first-order valence-corrected chi connectivity index (χ1v) is 2.92.